The third-order valence-corrected chi connectivity index (χ3v) is 10.2. The van der Waals surface area contributed by atoms with Crippen LogP contribution in [-0.4, -0.2) is 55.4 Å². The molecule has 1 spiro atoms. The molecule has 2 aromatic rings. The number of rotatable bonds is 6. The maximum Gasteiger partial charge on any atom is 0.416 e. The van der Waals surface area contributed by atoms with Gasteiger partial charge in [-0.25, -0.2) is 9.18 Å². The zero-order valence-electron chi connectivity index (χ0n) is 26.7. The molecule has 2 heterocycles. The number of benzene rings is 2. The molecule has 2 aliphatic rings. The van der Waals surface area contributed by atoms with E-state index in [0.29, 0.717) is 37.1 Å². The Morgan fingerprint density at radius 3 is 2.18 bits per heavy atom. The monoisotopic (exact) mass is 661 g/mol. The predicted molar refractivity (Wildman–Crippen MR) is 161 cm³/mol. The quantitative estimate of drug-likeness (QED) is 0.249. The van der Waals surface area contributed by atoms with Crippen molar-refractivity contribution in [2.24, 2.45) is 0 Å². The maximum absolute atomic E-state index is 14.1. The molecule has 4 rings (SSSR count). The Kier molecular flexibility index (Phi) is 9.53. The van der Waals surface area contributed by atoms with Gasteiger partial charge in [-0.3, -0.25) is 0 Å². The summed E-state index contributed by atoms with van der Waals surface area (Å²) in [6.45, 7) is 12.5. The normalized spacial score (nSPS) is 25.1. The van der Waals surface area contributed by atoms with Gasteiger partial charge in [0.2, 0.25) is 0 Å². The number of halogens is 7. The van der Waals surface area contributed by atoms with Gasteiger partial charge in [-0.2, -0.15) is 26.3 Å². The molecule has 45 heavy (non-hydrogen) atoms. The van der Waals surface area contributed by atoms with Gasteiger partial charge in [0.15, 0.2) is 8.32 Å². The second-order valence-electron chi connectivity index (χ2n) is 13.9. The van der Waals surface area contributed by atoms with Gasteiger partial charge >= 0.3 is 18.4 Å². The van der Waals surface area contributed by atoms with E-state index >= 15 is 0 Å². The molecule has 0 aliphatic carbocycles. The summed E-state index contributed by atoms with van der Waals surface area (Å²) >= 11 is 0. The van der Waals surface area contributed by atoms with Gasteiger partial charge < -0.3 is 19.5 Å². The highest BCUT2D eigenvalue weighted by molar-refractivity contribution is 6.69. The number of nitrogens with one attached hydrogen (secondary N) is 1. The van der Waals surface area contributed by atoms with Crippen molar-refractivity contribution in [3.05, 3.63) is 70.0 Å². The summed E-state index contributed by atoms with van der Waals surface area (Å²) < 4.78 is 102. The lowest BCUT2D eigenvalue weighted by Crippen LogP contribution is -2.59. The predicted octanol–water partition coefficient (Wildman–Crippen LogP) is 8.85. The van der Waals surface area contributed by atoms with E-state index < -0.39 is 55.7 Å². The van der Waals surface area contributed by atoms with Crippen LogP contribution in [0.3, 0.4) is 0 Å². The number of likely N-dealkylation sites (tertiary alicyclic amines) is 1. The average molecular weight is 662 g/mol. The molecule has 2 saturated heterocycles. The molecule has 4 atom stereocenters. The van der Waals surface area contributed by atoms with E-state index in [9.17, 15) is 35.5 Å². The van der Waals surface area contributed by atoms with Crippen molar-refractivity contribution in [3.63, 3.8) is 0 Å². The lowest BCUT2D eigenvalue weighted by molar-refractivity contribution is -0.143. The Bertz CT molecular complexity index is 1380. The Balaban J connectivity index is 1.65. The number of nitrogens with zero attached hydrogens (tertiary/aromatic N) is 2. The van der Waals surface area contributed by atoms with Crippen molar-refractivity contribution >= 4 is 14.3 Å². The van der Waals surface area contributed by atoms with Crippen molar-refractivity contribution in [3.8, 4) is 0 Å². The van der Waals surface area contributed by atoms with Gasteiger partial charge in [0.25, 0.3) is 0 Å². The number of amides is 2. The Labute approximate surface area is 261 Å². The highest BCUT2D eigenvalue weighted by Crippen LogP contribution is 2.46. The number of alkyl halides is 6. The summed E-state index contributed by atoms with van der Waals surface area (Å²) in [6, 6.07) is 3.58. The molecular formula is C32H42F7N3O2Si. The van der Waals surface area contributed by atoms with Crippen LogP contribution in [0, 0.1) is 12.7 Å². The van der Waals surface area contributed by atoms with Crippen LogP contribution in [0.25, 0.3) is 0 Å². The number of carbonyl (C=O) groups is 1. The molecule has 1 N–H and O–H groups in total. The lowest BCUT2D eigenvalue weighted by atomic mass is 9.79. The third-order valence-electron chi connectivity index (χ3n) is 9.15. The molecule has 2 aliphatic heterocycles. The molecule has 0 saturated carbocycles. The van der Waals surface area contributed by atoms with E-state index in [1.54, 1.807) is 17.9 Å². The fourth-order valence-corrected chi connectivity index (χ4v) is 7.26. The number of urea groups is 1. The summed E-state index contributed by atoms with van der Waals surface area (Å²) in [6.07, 6.45) is -7.25. The van der Waals surface area contributed by atoms with E-state index in [4.69, 9.17) is 4.43 Å². The smallest absolute Gasteiger partial charge is 0.416 e. The Morgan fingerprint density at radius 1 is 1.04 bits per heavy atom. The maximum atomic E-state index is 14.1. The van der Waals surface area contributed by atoms with Crippen molar-refractivity contribution in [2.75, 3.05) is 20.2 Å². The zero-order valence-corrected chi connectivity index (χ0v) is 27.7. The third kappa shape index (κ3) is 8.02. The molecule has 0 radical (unpaired) electrons. The topological polar surface area (TPSA) is 44.8 Å². The Hall–Kier alpha value is -2.64. The summed E-state index contributed by atoms with van der Waals surface area (Å²) in [5.41, 5.74) is -2.40. The van der Waals surface area contributed by atoms with E-state index in [0.717, 1.165) is 18.4 Å². The van der Waals surface area contributed by atoms with Crippen molar-refractivity contribution in [1.82, 2.24) is 15.1 Å². The van der Waals surface area contributed by atoms with Crippen LogP contribution in [0.15, 0.2) is 36.4 Å². The van der Waals surface area contributed by atoms with E-state index in [-0.39, 0.29) is 29.3 Å². The van der Waals surface area contributed by atoms with Crippen LogP contribution >= 0.6 is 0 Å². The number of hydrogen-bond acceptors (Lipinski definition) is 3. The van der Waals surface area contributed by atoms with Crippen LogP contribution in [0.4, 0.5) is 35.5 Å². The minimum atomic E-state index is -5.01. The lowest BCUT2D eigenvalue weighted by Gasteiger charge is -2.48. The highest BCUT2D eigenvalue weighted by Gasteiger charge is 2.51. The molecule has 0 unspecified atom stereocenters. The minimum absolute atomic E-state index is 0.0759. The van der Waals surface area contributed by atoms with Gasteiger partial charge in [0, 0.05) is 24.7 Å². The molecular weight excluding hydrogens is 619 g/mol. The summed E-state index contributed by atoms with van der Waals surface area (Å²) in [7, 11) is -0.403. The van der Waals surface area contributed by atoms with Gasteiger partial charge in [-0.15, -0.1) is 0 Å². The van der Waals surface area contributed by atoms with E-state index in [1.165, 1.54) is 31.0 Å². The van der Waals surface area contributed by atoms with Gasteiger partial charge in [0.05, 0.1) is 29.8 Å². The first-order valence-electron chi connectivity index (χ1n) is 15.0. The molecule has 250 valence electrons. The van der Waals surface area contributed by atoms with E-state index in [2.05, 4.69) is 31.9 Å². The van der Waals surface area contributed by atoms with Crippen LogP contribution < -0.4 is 5.32 Å². The first kappa shape index (κ1) is 35.2. The van der Waals surface area contributed by atoms with Crippen LogP contribution in [0.2, 0.25) is 19.6 Å². The number of hydrogen-bond donors (Lipinski definition) is 1. The van der Waals surface area contributed by atoms with Gasteiger partial charge in [-0.1, -0.05) is 6.07 Å². The second kappa shape index (κ2) is 12.2. The average Bonchev–Trinajstić information content (AvgIpc) is 3.25. The highest BCUT2D eigenvalue weighted by atomic mass is 28.4. The number of piperidine rings is 1. The fraction of sp³-hybridized carbons (Fsp3) is 0.594. The van der Waals surface area contributed by atoms with Crippen molar-refractivity contribution < 1.29 is 40.0 Å². The van der Waals surface area contributed by atoms with Crippen molar-refractivity contribution in [2.45, 2.75) is 102 Å². The summed E-state index contributed by atoms with van der Waals surface area (Å²) in [5.74, 6) is -0.425. The SMILES string of the molecule is Cc1cc(F)ccc1[C@H]1C[C@@]2(CCN1C(=O)N(C)[C@H](C)c1cc(C(F)(F)F)cc(C(F)(F)F)c1)CC[C@@](C)(CO[Si](C)(C)C)N2. The molecule has 5 nitrogen and oxygen atoms in total. The largest absolute Gasteiger partial charge is 0.416 e. The molecule has 13 heteroatoms. The first-order valence-corrected chi connectivity index (χ1v) is 18.5. The van der Waals surface area contributed by atoms with Gasteiger partial charge in [0.1, 0.15) is 5.82 Å². The molecule has 0 bridgehead atoms. The minimum Gasteiger partial charge on any atom is -0.416 e. The fourth-order valence-electron chi connectivity index (χ4n) is 6.51. The molecule has 2 amide bonds. The number of aryl methyl sites for hydroxylation is 1. The summed E-state index contributed by atoms with van der Waals surface area (Å²) in [4.78, 5) is 16.9. The van der Waals surface area contributed by atoms with Crippen LogP contribution in [0.1, 0.15) is 79.4 Å². The molecule has 0 aromatic heterocycles. The van der Waals surface area contributed by atoms with Crippen LogP contribution in [0.5, 0.6) is 0 Å². The second-order valence-corrected chi connectivity index (χ2v) is 18.5. The standard InChI is InChI=1S/C32H42F7N3O2Si/c1-20-14-25(33)8-9-26(20)27-18-30(11-10-29(3,40-30)19-44-45(5,6)7)12-13-42(27)28(43)41(4)21(2)22-15-23(31(34,35)36)17-24(16-22)32(37,38)39/h8-9,14-17,21,27,40H,10-13,18-19H2,1-7H3/t21-,27-,29+,30+/m1/s1. The number of carbonyl (C=O) groups excluding carboxylic acids is 1. The zero-order chi connectivity index (χ0) is 33.8. The summed E-state index contributed by atoms with van der Waals surface area (Å²) in [5, 5.41) is 3.82. The molecule has 2 fully saturated rings. The van der Waals surface area contributed by atoms with Crippen molar-refractivity contribution in [1.29, 1.82) is 0 Å². The van der Waals surface area contributed by atoms with Gasteiger partial charge in [-0.05, 0) is 113 Å². The molecule has 2 aromatic carbocycles. The van der Waals surface area contributed by atoms with E-state index in [1.807, 2.05) is 0 Å². The van der Waals surface area contributed by atoms with Crippen LogP contribution in [-0.2, 0) is 16.8 Å². The Morgan fingerprint density at radius 2 is 1.64 bits per heavy atom. The first-order chi connectivity index (χ1) is 20.5.